The van der Waals surface area contributed by atoms with Crippen LogP contribution in [0.5, 0.6) is 0 Å². The molecule has 5 nitrogen and oxygen atoms in total. The lowest BCUT2D eigenvalue weighted by Gasteiger charge is -2.09. The first-order chi connectivity index (χ1) is 8.00. The van der Waals surface area contributed by atoms with E-state index in [1.54, 1.807) is 20.0 Å². The van der Waals surface area contributed by atoms with Gasteiger partial charge in [0, 0.05) is 7.05 Å². The molecule has 0 fully saturated rings. The number of carbonyl (C=O) groups is 1. The number of nitrogens with two attached hydrogens (primary N) is 1. The molecule has 0 aromatic carbocycles. The zero-order valence-corrected chi connectivity index (χ0v) is 11.0. The van der Waals surface area contributed by atoms with Gasteiger partial charge in [-0.2, -0.15) is 0 Å². The summed E-state index contributed by atoms with van der Waals surface area (Å²) in [7, 11) is 1.64. The summed E-state index contributed by atoms with van der Waals surface area (Å²) in [6.45, 7) is 1.69. The molecular weight excluding hydrogens is 258 g/mol. The summed E-state index contributed by atoms with van der Waals surface area (Å²) < 4.78 is 2.08. The first-order valence-electron chi connectivity index (χ1n) is 4.91. The van der Waals surface area contributed by atoms with Crippen LogP contribution in [0.15, 0.2) is 21.4 Å². The first-order valence-corrected chi connectivity index (χ1v) is 6.67. The third-order valence-electron chi connectivity index (χ3n) is 2.33. The van der Waals surface area contributed by atoms with E-state index < -0.39 is 11.2 Å². The van der Waals surface area contributed by atoms with Crippen LogP contribution < -0.4 is 11.3 Å². The van der Waals surface area contributed by atoms with Crippen LogP contribution in [0, 0.1) is 0 Å². The van der Waals surface area contributed by atoms with Crippen LogP contribution in [0.3, 0.4) is 0 Å². The molecule has 2 heterocycles. The van der Waals surface area contributed by atoms with Gasteiger partial charge in [-0.15, -0.1) is 11.3 Å². The normalized spacial score (nSPS) is 12.8. The van der Waals surface area contributed by atoms with Gasteiger partial charge in [0.2, 0.25) is 5.91 Å². The zero-order valence-electron chi connectivity index (χ0n) is 9.34. The van der Waals surface area contributed by atoms with E-state index in [0.717, 1.165) is 0 Å². The molecule has 0 saturated carbocycles. The van der Waals surface area contributed by atoms with Crippen LogP contribution in [0.2, 0.25) is 0 Å². The number of primary amides is 1. The lowest BCUT2D eigenvalue weighted by atomic mass is 10.5. The third-order valence-corrected chi connectivity index (χ3v) is 4.38. The van der Waals surface area contributed by atoms with Crippen LogP contribution in [0.1, 0.15) is 6.92 Å². The Kier molecular flexibility index (Phi) is 3.21. The van der Waals surface area contributed by atoms with E-state index in [0.29, 0.717) is 15.4 Å². The zero-order chi connectivity index (χ0) is 12.6. The summed E-state index contributed by atoms with van der Waals surface area (Å²) >= 11 is 2.56. The average Bonchev–Trinajstić information content (AvgIpc) is 2.73. The lowest BCUT2D eigenvalue weighted by molar-refractivity contribution is -0.117. The van der Waals surface area contributed by atoms with Gasteiger partial charge in [0.15, 0.2) is 5.16 Å². The van der Waals surface area contributed by atoms with Crippen molar-refractivity contribution in [2.75, 3.05) is 0 Å². The van der Waals surface area contributed by atoms with Crippen molar-refractivity contribution in [1.29, 1.82) is 0 Å². The maximum Gasteiger partial charge on any atom is 0.271 e. The van der Waals surface area contributed by atoms with Crippen LogP contribution >= 0.6 is 23.1 Å². The molecule has 17 heavy (non-hydrogen) atoms. The van der Waals surface area contributed by atoms with Crippen molar-refractivity contribution in [3.63, 3.8) is 0 Å². The van der Waals surface area contributed by atoms with Gasteiger partial charge in [-0.25, -0.2) is 4.98 Å². The van der Waals surface area contributed by atoms with Crippen molar-refractivity contribution >= 4 is 39.2 Å². The molecule has 2 N–H and O–H groups in total. The Morgan fingerprint density at radius 2 is 2.35 bits per heavy atom. The van der Waals surface area contributed by atoms with Gasteiger partial charge in [-0.3, -0.25) is 14.2 Å². The number of rotatable bonds is 3. The lowest BCUT2D eigenvalue weighted by Crippen LogP contribution is -2.25. The summed E-state index contributed by atoms with van der Waals surface area (Å²) in [6, 6.07) is 1.79. The number of thioether (sulfide) groups is 1. The Balaban J connectivity index is 2.51. The molecule has 2 aromatic rings. The highest BCUT2D eigenvalue weighted by Crippen LogP contribution is 2.23. The number of carbonyl (C=O) groups excluding carboxylic acids is 1. The van der Waals surface area contributed by atoms with E-state index in [9.17, 15) is 9.59 Å². The number of hydrogen-bond donors (Lipinski definition) is 1. The molecule has 1 atom stereocenters. The van der Waals surface area contributed by atoms with Gasteiger partial charge < -0.3 is 5.73 Å². The Labute approximate surface area is 106 Å². The second-order valence-corrected chi connectivity index (χ2v) is 5.78. The van der Waals surface area contributed by atoms with Gasteiger partial charge in [0.1, 0.15) is 4.70 Å². The number of amides is 1. The minimum atomic E-state index is -0.422. The number of thiophene rings is 1. The monoisotopic (exact) mass is 269 g/mol. The topological polar surface area (TPSA) is 78.0 Å². The van der Waals surface area contributed by atoms with Gasteiger partial charge in [0.25, 0.3) is 5.56 Å². The summed E-state index contributed by atoms with van der Waals surface area (Å²) in [5, 5.41) is 1.92. The molecule has 0 saturated heterocycles. The fraction of sp³-hybridized carbons (Fsp3) is 0.300. The quantitative estimate of drug-likeness (QED) is 0.665. The van der Waals surface area contributed by atoms with Crippen LogP contribution in [-0.2, 0) is 11.8 Å². The summed E-state index contributed by atoms with van der Waals surface area (Å²) in [5.41, 5.74) is 5.76. The smallest absolute Gasteiger partial charge is 0.271 e. The third kappa shape index (κ3) is 2.20. The van der Waals surface area contributed by atoms with E-state index in [4.69, 9.17) is 5.73 Å². The van der Waals surface area contributed by atoms with Crippen LogP contribution in [0.4, 0.5) is 0 Å². The largest absolute Gasteiger partial charge is 0.369 e. The highest BCUT2D eigenvalue weighted by atomic mass is 32.2. The van der Waals surface area contributed by atoms with Crippen molar-refractivity contribution in [2.45, 2.75) is 17.3 Å². The summed E-state index contributed by atoms with van der Waals surface area (Å²) in [6.07, 6.45) is 0. The molecule has 0 unspecified atom stereocenters. The number of hydrogen-bond acceptors (Lipinski definition) is 5. The van der Waals surface area contributed by atoms with Crippen molar-refractivity contribution in [3.05, 3.63) is 21.8 Å². The number of aromatic nitrogens is 2. The van der Waals surface area contributed by atoms with E-state index in [2.05, 4.69) is 4.98 Å². The second-order valence-electron chi connectivity index (χ2n) is 3.56. The van der Waals surface area contributed by atoms with Gasteiger partial charge in [0.05, 0.1) is 10.8 Å². The summed E-state index contributed by atoms with van der Waals surface area (Å²) in [5.74, 6) is -0.422. The van der Waals surface area contributed by atoms with Crippen molar-refractivity contribution < 1.29 is 4.79 Å². The van der Waals surface area contributed by atoms with E-state index in [-0.39, 0.29) is 5.56 Å². The maximum absolute atomic E-state index is 12.0. The van der Waals surface area contributed by atoms with Gasteiger partial charge in [-0.1, -0.05) is 11.8 Å². The molecule has 0 aliphatic heterocycles. The minimum Gasteiger partial charge on any atom is -0.369 e. The van der Waals surface area contributed by atoms with Crippen molar-refractivity contribution in [1.82, 2.24) is 9.55 Å². The molecule has 0 spiro atoms. The highest BCUT2D eigenvalue weighted by molar-refractivity contribution is 8.00. The summed E-state index contributed by atoms with van der Waals surface area (Å²) in [4.78, 5) is 27.3. The highest BCUT2D eigenvalue weighted by Gasteiger charge is 2.16. The predicted molar refractivity (Wildman–Crippen MR) is 69.4 cm³/mol. The van der Waals surface area contributed by atoms with E-state index in [1.807, 2.05) is 5.38 Å². The maximum atomic E-state index is 12.0. The van der Waals surface area contributed by atoms with Crippen molar-refractivity contribution in [2.24, 2.45) is 12.8 Å². The van der Waals surface area contributed by atoms with Gasteiger partial charge >= 0.3 is 0 Å². The molecule has 0 bridgehead atoms. The fourth-order valence-corrected chi connectivity index (χ4v) is 2.92. The Morgan fingerprint density at radius 3 is 3.00 bits per heavy atom. The SMILES string of the molecule is C[C@@H](Sc1nc2ccsc2c(=O)n1C)C(N)=O. The molecule has 0 radical (unpaired) electrons. The Morgan fingerprint density at radius 1 is 1.65 bits per heavy atom. The second kappa shape index (κ2) is 4.50. The average molecular weight is 269 g/mol. The fourth-order valence-electron chi connectivity index (χ4n) is 1.29. The number of fused-ring (bicyclic) bond motifs is 1. The molecule has 7 heteroatoms. The van der Waals surface area contributed by atoms with Gasteiger partial charge in [-0.05, 0) is 18.4 Å². The molecule has 0 aliphatic carbocycles. The number of nitrogens with zero attached hydrogens (tertiary/aromatic N) is 2. The molecular formula is C10H11N3O2S2. The first kappa shape index (κ1) is 12.1. The minimum absolute atomic E-state index is 0.0934. The Bertz CT molecular complexity index is 632. The Hall–Kier alpha value is -1.34. The van der Waals surface area contributed by atoms with Crippen molar-refractivity contribution in [3.8, 4) is 0 Å². The van der Waals surface area contributed by atoms with E-state index >= 15 is 0 Å². The molecule has 2 rings (SSSR count). The predicted octanol–water partition coefficient (Wildman–Crippen LogP) is 0.961. The molecule has 1 amide bonds. The van der Waals surface area contributed by atoms with E-state index in [1.165, 1.54) is 27.7 Å². The standard InChI is InChI=1S/C10H11N3O2S2/c1-5(8(11)14)17-10-12-6-3-4-16-7(6)9(15)13(10)2/h3-5H,1-2H3,(H2,11,14)/t5-/m1/s1. The molecule has 2 aromatic heterocycles. The van der Waals surface area contributed by atoms with Crippen LogP contribution in [-0.4, -0.2) is 20.7 Å². The molecule has 0 aliphatic rings. The molecule has 90 valence electrons. The van der Waals surface area contributed by atoms with Crippen LogP contribution in [0.25, 0.3) is 10.2 Å².